The number of rotatable bonds is 5. The highest BCUT2D eigenvalue weighted by Crippen LogP contribution is 2.33. The van der Waals surface area contributed by atoms with Gasteiger partial charge < -0.3 is 10.4 Å². The number of aromatic carboxylic acids is 1. The van der Waals surface area contributed by atoms with Crippen molar-refractivity contribution in [3.63, 3.8) is 0 Å². The molecular weight excluding hydrogens is 304 g/mol. The number of hydrogen-bond donors (Lipinski definition) is 2. The van der Waals surface area contributed by atoms with Crippen LogP contribution >= 0.6 is 0 Å². The first-order chi connectivity index (χ1) is 11.6. The molecule has 0 aliphatic heterocycles. The third-order valence-corrected chi connectivity index (χ3v) is 4.57. The van der Waals surface area contributed by atoms with E-state index in [1.807, 2.05) is 18.2 Å². The first-order valence-corrected chi connectivity index (χ1v) is 8.14. The van der Waals surface area contributed by atoms with Gasteiger partial charge in [0.25, 0.3) is 5.91 Å². The molecule has 1 aliphatic rings. The molecule has 1 aliphatic carbocycles. The van der Waals surface area contributed by atoms with E-state index in [0.717, 1.165) is 32.1 Å². The Morgan fingerprint density at radius 1 is 1.08 bits per heavy atom. The Morgan fingerprint density at radius 3 is 2.38 bits per heavy atom. The van der Waals surface area contributed by atoms with Crippen molar-refractivity contribution in [1.82, 2.24) is 10.3 Å². The Hall–Kier alpha value is -2.69. The highest BCUT2D eigenvalue weighted by atomic mass is 16.4. The number of pyridine rings is 1. The van der Waals surface area contributed by atoms with Crippen molar-refractivity contribution in [2.24, 2.45) is 0 Å². The van der Waals surface area contributed by atoms with Gasteiger partial charge in [-0.15, -0.1) is 0 Å². The van der Waals surface area contributed by atoms with Crippen LogP contribution in [0, 0.1) is 0 Å². The third-order valence-electron chi connectivity index (χ3n) is 4.57. The summed E-state index contributed by atoms with van der Waals surface area (Å²) in [6.07, 6.45) is 6.24. The van der Waals surface area contributed by atoms with E-state index in [4.69, 9.17) is 5.11 Å². The monoisotopic (exact) mass is 324 g/mol. The predicted molar refractivity (Wildman–Crippen MR) is 90.0 cm³/mol. The number of benzene rings is 1. The van der Waals surface area contributed by atoms with E-state index in [1.54, 1.807) is 0 Å². The molecule has 0 atom stereocenters. The minimum absolute atomic E-state index is 0.0635. The number of aromatic nitrogens is 1. The zero-order valence-electron chi connectivity index (χ0n) is 13.4. The maximum absolute atomic E-state index is 12.6. The zero-order valence-corrected chi connectivity index (χ0v) is 13.4. The van der Waals surface area contributed by atoms with Gasteiger partial charge in [-0.25, -0.2) is 9.78 Å². The highest BCUT2D eigenvalue weighted by Gasteiger charge is 2.35. The summed E-state index contributed by atoms with van der Waals surface area (Å²) in [7, 11) is 0. The summed E-state index contributed by atoms with van der Waals surface area (Å²) in [6, 6.07) is 13.0. The van der Waals surface area contributed by atoms with E-state index >= 15 is 0 Å². The second-order valence-electron chi connectivity index (χ2n) is 6.34. The Balaban J connectivity index is 1.75. The van der Waals surface area contributed by atoms with Gasteiger partial charge in [-0.05, 0) is 37.0 Å². The van der Waals surface area contributed by atoms with Crippen molar-refractivity contribution in [2.45, 2.75) is 37.6 Å². The van der Waals surface area contributed by atoms with Crippen LogP contribution < -0.4 is 5.32 Å². The van der Waals surface area contributed by atoms with Crippen molar-refractivity contribution in [3.8, 4) is 0 Å². The molecule has 0 saturated heterocycles. The molecule has 1 amide bonds. The molecule has 1 heterocycles. The molecule has 0 unspecified atom stereocenters. The van der Waals surface area contributed by atoms with Crippen molar-refractivity contribution >= 4 is 11.9 Å². The van der Waals surface area contributed by atoms with Gasteiger partial charge in [0.15, 0.2) is 0 Å². The van der Waals surface area contributed by atoms with Gasteiger partial charge in [0.05, 0.1) is 5.56 Å². The smallest absolute Gasteiger partial charge is 0.354 e. The maximum Gasteiger partial charge on any atom is 0.354 e. The molecule has 3 rings (SSSR count). The summed E-state index contributed by atoms with van der Waals surface area (Å²) < 4.78 is 0. The molecule has 1 aromatic heterocycles. The molecule has 0 spiro atoms. The van der Waals surface area contributed by atoms with Crippen LogP contribution in [-0.4, -0.2) is 27.5 Å². The fourth-order valence-electron chi connectivity index (χ4n) is 3.35. The average molecular weight is 324 g/mol. The van der Waals surface area contributed by atoms with Gasteiger partial charge in [-0.3, -0.25) is 4.79 Å². The standard InChI is InChI=1S/C19H20N2O3/c22-17(15-8-9-16(18(23)24)20-13-15)21-19(10-4-5-11-19)12-14-6-2-1-3-7-14/h1-3,6-9,13H,4-5,10-12H2,(H,21,22)(H,23,24). The molecule has 0 radical (unpaired) electrons. The molecule has 0 bridgehead atoms. The molecule has 24 heavy (non-hydrogen) atoms. The topological polar surface area (TPSA) is 79.3 Å². The second kappa shape index (κ2) is 6.83. The van der Waals surface area contributed by atoms with E-state index < -0.39 is 5.97 Å². The normalized spacial score (nSPS) is 15.8. The molecule has 5 nitrogen and oxygen atoms in total. The molecule has 2 N–H and O–H groups in total. The van der Waals surface area contributed by atoms with E-state index in [2.05, 4.69) is 22.4 Å². The average Bonchev–Trinajstić information content (AvgIpc) is 3.03. The number of carbonyl (C=O) groups is 2. The Kier molecular flexibility index (Phi) is 4.60. The lowest BCUT2D eigenvalue weighted by atomic mass is 9.88. The quantitative estimate of drug-likeness (QED) is 0.886. The molecule has 5 heteroatoms. The zero-order chi connectivity index (χ0) is 17.0. The number of carboxylic acid groups (broad SMARTS) is 1. The summed E-state index contributed by atoms with van der Waals surface area (Å²) in [4.78, 5) is 27.3. The van der Waals surface area contributed by atoms with Gasteiger partial charge in [0.2, 0.25) is 0 Å². The highest BCUT2D eigenvalue weighted by molar-refractivity contribution is 5.95. The van der Waals surface area contributed by atoms with Crippen molar-refractivity contribution < 1.29 is 14.7 Å². The Bertz CT molecular complexity index is 720. The van der Waals surface area contributed by atoms with Crippen LogP contribution in [0.5, 0.6) is 0 Å². The van der Waals surface area contributed by atoms with Crippen LogP contribution in [0.15, 0.2) is 48.7 Å². The van der Waals surface area contributed by atoms with Crippen LogP contribution in [0.2, 0.25) is 0 Å². The van der Waals surface area contributed by atoms with Gasteiger partial charge in [0, 0.05) is 11.7 Å². The van der Waals surface area contributed by atoms with Crippen molar-refractivity contribution in [3.05, 3.63) is 65.5 Å². The summed E-state index contributed by atoms with van der Waals surface area (Å²) in [5, 5.41) is 12.1. The predicted octanol–water partition coefficient (Wildman–Crippen LogP) is 3.07. The molecule has 2 aromatic rings. The van der Waals surface area contributed by atoms with E-state index in [0.29, 0.717) is 5.56 Å². The lowest BCUT2D eigenvalue weighted by Gasteiger charge is -2.30. The van der Waals surface area contributed by atoms with Gasteiger partial charge in [-0.2, -0.15) is 0 Å². The van der Waals surface area contributed by atoms with Gasteiger partial charge >= 0.3 is 5.97 Å². The first kappa shape index (κ1) is 16.2. The van der Waals surface area contributed by atoms with Crippen molar-refractivity contribution in [1.29, 1.82) is 0 Å². The number of carboxylic acids is 1. The summed E-state index contributed by atoms with van der Waals surface area (Å²) in [5.74, 6) is -1.30. The number of carbonyl (C=O) groups excluding carboxylic acids is 1. The number of amides is 1. The number of nitrogens with one attached hydrogen (secondary N) is 1. The lowest BCUT2D eigenvalue weighted by Crippen LogP contribution is -2.48. The molecule has 1 saturated carbocycles. The van der Waals surface area contributed by atoms with Crippen LogP contribution in [-0.2, 0) is 6.42 Å². The van der Waals surface area contributed by atoms with E-state index in [-0.39, 0.29) is 17.1 Å². The number of nitrogens with zero attached hydrogens (tertiary/aromatic N) is 1. The molecule has 1 fully saturated rings. The minimum atomic E-state index is -1.10. The van der Waals surface area contributed by atoms with Crippen LogP contribution in [0.1, 0.15) is 52.1 Å². The second-order valence-corrected chi connectivity index (χ2v) is 6.34. The van der Waals surface area contributed by atoms with Crippen molar-refractivity contribution in [2.75, 3.05) is 0 Å². The van der Waals surface area contributed by atoms with E-state index in [9.17, 15) is 9.59 Å². The SMILES string of the molecule is O=C(NC1(Cc2ccccc2)CCCC1)c1ccc(C(=O)O)nc1. The molecule has 1 aromatic carbocycles. The fourth-order valence-corrected chi connectivity index (χ4v) is 3.35. The van der Waals surface area contributed by atoms with Crippen LogP contribution in [0.25, 0.3) is 0 Å². The number of hydrogen-bond acceptors (Lipinski definition) is 3. The van der Waals surface area contributed by atoms with Crippen LogP contribution in [0.3, 0.4) is 0 Å². The largest absolute Gasteiger partial charge is 0.477 e. The van der Waals surface area contributed by atoms with E-state index in [1.165, 1.54) is 23.9 Å². The summed E-state index contributed by atoms with van der Waals surface area (Å²) in [5.41, 5.74) is 1.30. The van der Waals surface area contributed by atoms with Crippen LogP contribution in [0.4, 0.5) is 0 Å². The Labute approximate surface area is 140 Å². The summed E-state index contributed by atoms with van der Waals surface area (Å²) >= 11 is 0. The third kappa shape index (κ3) is 3.62. The fraction of sp³-hybridized carbons (Fsp3) is 0.316. The molecular formula is C19H20N2O3. The first-order valence-electron chi connectivity index (χ1n) is 8.14. The van der Waals surface area contributed by atoms with Gasteiger partial charge in [-0.1, -0.05) is 43.2 Å². The lowest BCUT2D eigenvalue weighted by molar-refractivity contribution is 0.0689. The molecule has 124 valence electrons. The maximum atomic E-state index is 12.6. The summed E-state index contributed by atoms with van der Waals surface area (Å²) in [6.45, 7) is 0. The Morgan fingerprint density at radius 2 is 1.79 bits per heavy atom. The minimum Gasteiger partial charge on any atom is -0.477 e. The van der Waals surface area contributed by atoms with Gasteiger partial charge in [0.1, 0.15) is 5.69 Å².